The Bertz CT molecular complexity index is 797. The van der Waals surface area contributed by atoms with Crippen molar-refractivity contribution in [2.45, 2.75) is 6.92 Å². The number of halogens is 2. The molecule has 0 radical (unpaired) electrons. The van der Waals surface area contributed by atoms with Gasteiger partial charge in [0.15, 0.2) is 11.6 Å². The maximum absolute atomic E-state index is 13.4. The zero-order valence-corrected chi connectivity index (χ0v) is 12.8. The van der Waals surface area contributed by atoms with Crippen LogP contribution in [0.1, 0.15) is 5.56 Å². The van der Waals surface area contributed by atoms with E-state index < -0.39 is 0 Å². The van der Waals surface area contributed by atoms with Gasteiger partial charge in [0.2, 0.25) is 0 Å². The summed E-state index contributed by atoms with van der Waals surface area (Å²) in [5.41, 5.74) is 8.83. The second-order valence-electron chi connectivity index (χ2n) is 4.74. The minimum atomic E-state index is -0.253. The highest BCUT2D eigenvalue weighted by Gasteiger charge is 2.18. The standard InChI is InChI=1S/C16H12BrFN2O/c1-9-8-11(4-7-13(9)18)15-14(16(19)20-21-15)10-2-5-12(17)6-3-10/h2-8H,1H3,(H2,19,20). The number of hydrogen-bond acceptors (Lipinski definition) is 3. The van der Waals surface area contributed by atoms with Crippen LogP contribution in [-0.2, 0) is 0 Å². The van der Waals surface area contributed by atoms with Crippen molar-refractivity contribution >= 4 is 21.7 Å². The second kappa shape index (κ2) is 5.33. The van der Waals surface area contributed by atoms with Gasteiger partial charge in [0.1, 0.15) is 5.82 Å². The first-order chi connectivity index (χ1) is 10.1. The summed E-state index contributed by atoms with van der Waals surface area (Å²) in [6, 6.07) is 12.5. The van der Waals surface area contributed by atoms with E-state index in [1.54, 1.807) is 19.1 Å². The summed E-state index contributed by atoms with van der Waals surface area (Å²) in [4.78, 5) is 0. The molecular formula is C16H12BrFN2O. The zero-order valence-electron chi connectivity index (χ0n) is 11.2. The Balaban J connectivity index is 2.16. The summed E-state index contributed by atoms with van der Waals surface area (Å²) >= 11 is 3.40. The molecule has 0 atom stereocenters. The van der Waals surface area contributed by atoms with Crippen molar-refractivity contribution in [1.29, 1.82) is 0 Å². The molecule has 2 aromatic carbocycles. The number of benzene rings is 2. The first-order valence-corrected chi connectivity index (χ1v) is 7.13. The SMILES string of the molecule is Cc1cc(-c2onc(N)c2-c2ccc(Br)cc2)ccc1F. The van der Waals surface area contributed by atoms with Gasteiger partial charge in [-0.1, -0.05) is 33.2 Å². The Morgan fingerprint density at radius 2 is 1.76 bits per heavy atom. The molecule has 21 heavy (non-hydrogen) atoms. The topological polar surface area (TPSA) is 52.0 Å². The highest BCUT2D eigenvalue weighted by molar-refractivity contribution is 9.10. The Kier molecular flexibility index (Phi) is 3.51. The summed E-state index contributed by atoms with van der Waals surface area (Å²) in [7, 11) is 0. The van der Waals surface area contributed by atoms with Crippen molar-refractivity contribution in [3.63, 3.8) is 0 Å². The third-order valence-corrected chi connectivity index (χ3v) is 3.80. The van der Waals surface area contributed by atoms with E-state index in [0.29, 0.717) is 22.7 Å². The smallest absolute Gasteiger partial charge is 0.176 e. The molecule has 0 saturated heterocycles. The molecule has 0 unspecified atom stereocenters. The number of nitrogens with two attached hydrogens (primary N) is 1. The maximum atomic E-state index is 13.4. The monoisotopic (exact) mass is 346 g/mol. The number of aromatic nitrogens is 1. The average molecular weight is 347 g/mol. The Labute approximate surface area is 129 Å². The summed E-state index contributed by atoms with van der Waals surface area (Å²) in [5, 5.41) is 3.84. The van der Waals surface area contributed by atoms with E-state index in [1.165, 1.54) is 6.07 Å². The fraction of sp³-hybridized carbons (Fsp3) is 0.0625. The molecule has 3 aromatic rings. The predicted octanol–water partition coefficient (Wildman–Crippen LogP) is 4.80. The van der Waals surface area contributed by atoms with Crippen LogP contribution in [-0.4, -0.2) is 5.16 Å². The highest BCUT2D eigenvalue weighted by Crippen LogP contribution is 2.37. The van der Waals surface area contributed by atoms with Crippen LogP contribution in [0.15, 0.2) is 51.5 Å². The Hall–Kier alpha value is -2.14. The molecule has 0 fully saturated rings. The average Bonchev–Trinajstić information content (AvgIpc) is 2.85. The van der Waals surface area contributed by atoms with Gasteiger partial charge in [0.05, 0.1) is 5.56 Å². The van der Waals surface area contributed by atoms with E-state index >= 15 is 0 Å². The molecule has 1 heterocycles. The molecule has 3 nitrogen and oxygen atoms in total. The van der Waals surface area contributed by atoms with Gasteiger partial charge in [0.25, 0.3) is 0 Å². The van der Waals surface area contributed by atoms with Gasteiger partial charge in [-0.25, -0.2) is 4.39 Å². The van der Waals surface area contributed by atoms with E-state index in [0.717, 1.165) is 15.6 Å². The first-order valence-electron chi connectivity index (χ1n) is 6.34. The largest absolute Gasteiger partial charge is 0.380 e. The minimum Gasteiger partial charge on any atom is -0.380 e. The highest BCUT2D eigenvalue weighted by atomic mass is 79.9. The lowest BCUT2D eigenvalue weighted by molar-refractivity contribution is 0.436. The Morgan fingerprint density at radius 1 is 1.10 bits per heavy atom. The number of aryl methyl sites for hydroxylation is 1. The van der Waals surface area contributed by atoms with Gasteiger partial charge < -0.3 is 10.3 Å². The van der Waals surface area contributed by atoms with E-state index in [1.807, 2.05) is 24.3 Å². The van der Waals surface area contributed by atoms with Gasteiger partial charge >= 0.3 is 0 Å². The lowest BCUT2D eigenvalue weighted by Crippen LogP contribution is -1.89. The lowest BCUT2D eigenvalue weighted by Gasteiger charge is -2.04. The van der Waals surface area contributed by atoms with Crippen molar-refractivity contribution in [1.82, 2.24) is 5.16 Å². The summed E-state index contributed by atoms with van der Waals surface area (Å²) in [6.07, 6.45) is 0. The number of nitrogens with zero attached hydrogens (tertiary/aromatic N) is 1. The van der Waals surface area contributed by atoms with Gasteiger partial charge in [-0.3, -0.25) is 0 Å². The molecule has 3 rings (SSSR count). The Morgan fingerprint density at radius 3 is 2.43 bits per heavy atom. The van der Waals surface area contributed by atoms with Crippen LogP contribution in [0.5, 0.6) is 0 Å². The van der Waals surface area contributed by atoms with E-state index in [9.17, 15) is 4.39 Å². The first kappa shape index (κ1) is 13.8. The fourth-order valence-electron chi connectivity index (χ4n) is 2.18. The van der Waals surface area contributed by atoms with Crippen molar-refractivity contribution in [2.24, 2.45) is 0 Å². The molecule has 0 aliphatic carbocycles. The van der Waals surface area contributed by atoms with Crippen LogP contribution in [0.25, 0.3) is 22.5 Å². The third kappa shape index (κ3) is 2.56. The van der Waals surface area contributed by atoms with Gasteiger partial charge in [0, 0.05) is 10.0 Å². The predicted molar refractivity (Wildman–Crippen MR) is 84.2 cm³/mol. The van der Waals surface area contributed by atoms with Crippen molar-refractivity contribution in [2.75, 3.05) is 5.73 Å². The summed E-state index contributed by atoms with van der Waals surface area (Å²) < 4.78 is 19.7. The van der Waals surface area contributed by atoms with E-state index in [2.05, 4.69) is 21.1 Å². The molecule has 1 aromatic heterocycles. The molecule has 2 N–H and O–H groups in total. The third-order valence-electron chi connectivity index (χ3n) is 3.27. The number of hydrogen-bond donors (Lipinski definition) is 1. The van der Waals surface area contributed by atoms with Crippen molar-refractivity contribution in [3.8, 4) is 22.5 Å². The van der Waals surface area contributed by atoms with Crippen LogP contribution in [0.2, 0.25) is 0 Å². The van der Waals surface area contributed by atoms with Gasteiger partial charge in [-0.2, -0.15) is 0 Å². The minimum absolute atomic E-state index is 0.253. The molecule has 0 bridgehead atoms. The number of nitrogen functional groups attached to an aromatic ring is 1. The normalized spacial score (nSPS) is 10.8. The van der Waals surface area contributed by atoms with Crippen molar-refractivity contribution in [3.05, 3.63) is 58.3 Å². The fourth-order valence-corrected chi connectivity index (χ4v) is 2.45. The van der Waals surface area contributed by atoms with E-state index in [-0.39, 0.29) is 5.82 Å². The van der Waals surface area contributed by atoms with Crippen LogP contribution >= 0.6 is 15.9 Å². The van der Waals surface area contributed by atoms with Crippen LogP contribution < -0.4 is 5.73 Å². The van der Waals surface area contributed by atoms with E-state index in [4.69, 9.17) is 10.3 Å². The zero-order chi connectivity index (χ0) is 15.0. The number of anilines is 1. The molecular weight excluding hydrogens is 335 g/mol. The molecule has 0 saturated carbocycles. The summed E-state index contributed by atoms with van der Waals surface area (Å²) in [5.74, 6) is 0.601. The van der Waals surface area contributed by atoms with Gasteiger partial charge in [-0.15, -0.1) is 0 Å². The quantitative estimate of drug-likeness (QED) is 0.724. The molecule has 0 aliphatic heterocycles. The van der Waals surface area contributed by atoms with Crippen molar-refractivity contribution < 1.29 is 8.91 Å². The van der Waals surface area contributed by atoms with Crippen LogP contribution in [0, 0.1) is 12.7 Å². The van der Waals surface area contributed by atoms with Gasteiger partial charge in [-0.05, 0) is 48.4 Å². The number of rotatable bonds is 2. The molecule has 5 heteroatoms. The molecule has 0 spiro atoms. The molecule has 106 valence electrons. The molecule has 0 amide bonds. The van der Waals surface area contributed by atoms with Crippen LogP contribution in [0.3, 0.4) is 0 Å². The molecule has 0 aliphatic rings. The lowest BCUT2D eigenvalue weighted by atomic mass is 10.0. The summed E-state index contributed by atoms with van der Waals surface area (Å²) in [6.45, 7) is 1.71. The maximum Gasteiger partial charge on any atom is 0.176 e. The van der Waals surface area contributed by atoms with Crippen LogP contribution in [0.4, 0.5) is 10.2 Å². The second-order valence-corrected chi connectivity index (χ2v) is 5.66.